The summed E-state index contributed by atoms with van der Waals surface area (Å²) in [6.45, 7) is 7.69. The smallest absolute Gasteiger partial charge is 0.225 e. The molecule has 0 heterocycles. The molecule has 0 aromatic rings. The van der Waals surface area contributed by atoms with Crippen LogP contribution in [0.25, 0.3) is 0 Å². The molecule has 2 unspecified atom stereocenters. The minimum absolute atomic E-state index is 0.00102. The number of nitrogens with zero attached hydrogens (tertiary/aromatic N) is 1. The first-order valence-electron chi connectivity index (χ1n) is 6.36. The maximum absolute atomic E-state index is 12.0. The second-order valence-electron chi connectivity index (χ2n) is 5.82. The van der Waals surface area contributed by atoms with Crippen molar-refractivity contribution in [3.05, 3.63) is 0 Å². The fourth-order valence-electron chi connectivity index (χ4n) is 1.90. The molecule has 0 aliphatic carbocycles. The van der Waals surface area contributed by atoms with Gasteiger partial charge in [-0.3, -0.25) is 4.79 Å². The Labute approximate surface area is 105 Å². The highest BCUT2D eigenvalue weighted by Crippen LogP contribution is 2.13. The Bertz CT molecular complexity index is 234. The molecule has 0 saturated heterocycles. The monoisotopic (exact) mass is 244 g/mol. The molecule has 0 bridgehead atoms. The van der Waals surface area contributed by atoms with Gasteiger partial charge in [0.25, 0.3) is 0 Å². The molecule has 1 amide bonds. The van der Waals surface area contributed by atoms with Gasteiger partial charge >= 0.3 is 0 Å². The minimum atomic E-state index is -0.837. The maximum Gasteiger partial charge on any atom is 0.225 e. The maximum atomic E-state index is 12.0. The van der Waals surface area contributed by atoms with E-state index in [-0.39, 0.29) is 17.9 Å². The van der Waals surface area contributed by atoms with Gasteiger partial charge in [0, 0.05) is 25.6 Å². The Balaban J connectivity index is 4.03. The number of rotatable bonds is 7. The molecule has 0 saturated carbocycles. The lowest BCUT2D eigenvalue weighted by molar-refractivity contribution is -0.136. The molecule has 0 spiro atoms. The van der Waals surface area contributed by atoms with Gasteiger partial charge < -0.3 is 15.7 Å². The molecular weight excluding hydrogens is 216 g/mol. The molecule has 0 rings (SSSR count). The number of hydrogen-bond donors (Lipinski definition) is 2. The zero-order valence-electron chi connectivity index (χ0n) is 11.9. The molecule has 0 aromatic carbocycles. The Hall–Kier alpha value is -0.610. The van der Waals surface area contributed by atoms with Crippen LogP contribution in [0.1, 0.15) is 47.0 Å². The second-order valence-corrected chi connectivity index (χ2v) is 5.82. The fraction of sp³-hybridized carbons (Fsp3) is 0.923. The molecular formula is C13H28N2O2. The summed E-state index contributed by atoms with van der Waals surface area (Å²) in [6.07, 6.45) is 2.78. The predicted molar refractivity (Wildman–Crippen MR) is 70.6 cm³/mol. The second kappa shape index (κ2) is 6.97. The van der Waals surface area contributed by atoms with E-state index < -0.39 is 5.60 Å². The summed E-state index contributed by atoms with van der Waals surface area (Å²) in [5.41, 5.74) is 4.83. The average Bonchev–Trinajstić information content (AvgIpc) is 2.13. The van der Waals surface area contributed by atoms with Crippen LogP contribution < -0.4 is 5.73 Å². The van der Waals surface area contributed by atoms with Crippen LogP contribution in [0, 0.1) is 5.92 Å². The van der Waals surface area contributed by atoms with E-state index in [1.165, 1.54) is 0 Å². The van der Waals surface area contributed by atoms with Gasteiger partial charge in [-0.25, -0.2) is 0 Å². The summed E-state index contributed by atoms with van der Waals surface area (Å²) in [4.78, 5) is 13.6. The van der Waals surface area contributed by atoms with Gasteiger partial charge in [0.2, 0.25) is 5.91 Å². The Morgan fingerprint density at radius 3 is 2.29 bits per heavy atom. The highest BCUT2D eigenvalue weighted by atomic mass is 16.3. The van der Waals surface area contributed by atoms with Gasteiger partial charge in [-0.15, -0.1) is 0 Å². The van der Waals surface area contributed by atoms with Gasteiger partial charge in [-0.1, -0.05) is 13.3 Å². The molecule has 4 nitrogen and oxygen atoms in total. The Morgan fingerprint density at radius 2 is 1.88 bits per heavy atom. The third kappa shape index (κ3) is 8.16. The molecule has 0 fully saturated rings. The van der Waals surface area contributed by atoms with Crippen LogP contribution in [0.3, 0.4) is 0 Å². The van der Waals surface area contributed by atoms with Crippen LogP contribution in [-0.2, 0) is 4.79 Å². The molecule has 3 N–H and O–H groups in total. The zero-order valence-corrected chi connectivity index (χ0v) is 11.9. The van der Waals surface area contributed by atoms with Crippen molar-refractivity contribution in [3.8, 4) is 0 Å². The van der Waals surface area contributed by atoms with Crippen molar-refractivity contribution >= 4 is 5.91 Å². The van der Waals surface area contributed by atoms with E-state index in [1.807, 2.05) is 13.8 Å². The van der Waals surface area contributed by atoms with E-state index >= 15 is 0 Å². The van der Waals surface area contributed by atoms with Crippen molar-refractivity contribution in [2.45, 2.75) is 58.6 Å². The van der Waals surface area contributed by atoms with Crippen molar-refractivity contribution in [1.82, 2.24) is 4.90 Å². The quantitative estimate of drug-likeness (QED) is 0.711. The summed E-state index contributed by atoms with van der Waals surface area (Å²) in [7, 11) is 1.74. The largest absolute Gasteiger partial charge is 0.389 e. The number of amides is 1. The van der Waals surface area contributed by atoms with Gasteiger partial charge in [-0.05, 0) is 33.6 Å². The SMILES string of the molecule is CC(N)CCCC(C)C(=O)N(C)CC(C)(C)O. The molecule has 102 valence electrons. The first-order chi connectivity index (χ1) is 7.63. The number of carbonyl (C=O) groups is 1. The third-order valence-corrected chi connectivity index (χ3v) is 2.72. The topological polar surface area (TPSA) is 66.6 Å². The molecule has 4 heteroatoms. The van der Waals surface area contributed by atoms with E-state index in [0.29, 0.717) is 6.54 Å². The molecule has 0 aromatic heterocycles. The van der Waals surface area contributed by atoms with Gasteiger partial charge in [0.05, 0.1) is 5.60 Å². The lowest BCUT2D eigenvalue weighted by Gasteiger charge is -2.27. The van der Waals surface area contributed by atoms with E-state index in [9.17, 15) is 9.90 Å². The first-order valence-corrected chi connectivity index (χ1v) is 6.36. The normalized spacial score (nSPS) is 15.5. The molecule has 0 radical (unpaired) electrons. The average molecular weight is 244 g/mol. The Morgan fingerprint density at radius 1 is 1.35 bits per heavy atom. The lowest BCUT2D eigenvalue weighted by Crippen LogP contribution is -2.41. The lowest BCUT2D eigenvalue weighted by atomic mass is 10.00. The van der Waals surface area contributed by atoms with E-state index in [0.717, 1.165) is 19.3 Å². The zero-order chi connectivity index (χ0) is 13.6. The van der Waals surface area contributed by atoms with Crippen LogP contribution in [-0.4, -0.2) is 41.1 Å². The van der Waals surface area contributed by atoms with E-state index in [2.05, 4.69) is 0 Å². The summed E-state index contributed by atoms with van der Waals surface area (Å²) < 4.78 is 0. The summed E-state index contributed by atoms with van der Waals surface area (Å²) >= 11 is 0. The van der Waals surface area contributed by atoms with Crippen molar-refractivity contribution in [2.24, 2.45) is 11.7 Å². The Kier molecular flexibility index (Phi) is 6.72. The van der Waals surface area contributed by atoms with Crippen LogP contribution >= 0.6 is 0 Å². The number of aliphatic hydroxyl groups is 1. The highest BCUT2D eigenvalue weighted by Gasteiger charge is 2.22. The number of hydrogen-bond acceptors (Lipinski definition) is 3. The highest BCUT2D eigenvalue weighted by molar-refractivity contribution is 5.78. The summed E-state index contributed by atoms with van der Waals surface area (Å²) in [5, 5.41) is 9.66. The summed E-state index contributed by atoms with van der Waals surface area (Å²) in [5.74, 6) is 0.0953. The van der Waals surface area contributed by atoms with Crippen molar-refractivity contribution in [3.63, 3.8) is 0 Å². The number of likely N-dealkylation sites (N-methyl/N-ethyl adjacent to an activating group) is 1. The minimum Gasteiger partial charge on any atom is -0.389 e. The molecule has 0 aliphatic rings. The number of nitrogens with two attached hydrogens (primary N) is 1. The predicted octanol–water partition coefficient (Wildman–Crippen LogP) is 1.37. The molecule has 2 atom stereocenters. The third-order valence-electron chi connectivity index (χ3n) is 2.72. The van der Waals surface area contributed by atoms with E-state index in [1.54, 1.807) is 25.8 Å². The van der Waals surface area contributed by atoms with Crippen LogP contribution in [0.5, 0.6) is 0 Å². The van der Waals surface area contributed by atoms with Crippen molar-refractivity contribution in [2.75, 3.05) is 13.6 Å². The van der Waals surface area contributed by atoms with Crippen molar-refractivity contribution < 1.29 is 9.90 Å². The van der Waals surface area contributed by atoms with E-state index in [4.69, 9.17) is 5.73 Å². The van der Waals surface area contributed by atoms with Gasteiger partial charge in [0.1, 0.15) is 0 Å². The molecule has 0 aliphatic heterocycles. The van der Waals surface area contributed by atoms with Crippen LogP contribution in [0.4, 0.5) is 0 Å². The fourth-order valence-corrected chi connectivity index (χ4v) is 1.90. The first kappa shape index (κ1) is 16.4. The molecule has 17 heavy (non-hydrogen) atoms. The number of carbonyl (C=O) groups excluding carboxylic acids is 1. The van der Waals surface area contributed by atoms with Crippen LogP contribution in [0.15, 0.2) is 0 Å². The standard InChI is InChI=1S/C13H28N2O2/c1-10(7-6-8-11(2)14)12(16)15(5)9-13(3,4)17/h10-11,17H,6-9,14H2,1-5H3. The van der Waals surface area contributed by atoms with Gasteiger partial charge in [-0.2, -0.15) is 0 Å². The van der Waals surface area contributed by atoms with Crippen molar-refractivity contribution in [1.29, 1.82) is 0 Å². The summed E-state index contributed by atoms with van der Waals surface area (Å²) in [6, 6.07) is 0.200. The van der Waals surface area contributed by atoms with Crippen LogP contribution in [0.2, 0.25) is 0 Å². The van der Waals surface area contributed by atoms with Gasteiger partial charge in [0.15, 0.2) is 0 Å².